The number of halogens is 3. The molecule has 39 heavy (non-hydrogen) atoms. The fraction of sp³-hybridized carbons (Fsp3) is 0.269. The molecule has 5 aromatic rings. The summed E-state index contributed by atoms with van der Waals surface area (Å²) in [5.74, 6) is -1.83. The van der Waals surface area contributed by atoms with Gasteiger partial charge in [0.15, 0.2) is 5.82 Å². The minimum absolute atomic E-state index is 0.301. The highest BCUT2D eigenvalue weighted by molar-refractivity contribution is 5.77. The summed E-state index contributed by atoms with van der Waals surface area (Å²) < 4.78 is 45.7. The Hall–Kier alpha value is -4.52. The molecule has 0 saturated carbocycles. The van der Waals surface area contributed by atoms with Crippen molar-refractivity contribution in [1.82, 2.24) is 34.3 Å². The number of hydrogen-bond acceptors (Lipinski definition) is 8. The molecule has 0 radical (unpaired) electrons. The molecule has 1 aliphatic rings. The summed E-state index contributed by atoms with van der Waals surface area (Å²) in [4.78, 5) is 17.6. The Kier molecular flexibility index (Phi) is 5.94. The molecule has 0 spiro atoms. The van der Waals surface area contributed by atoms with Crippen molar-refractivity contribution in [3.63, 3.8) is 0 Å². The normalized spacial score (nSPS) is 15.6. The third-order valence-corrected chi connectivity index (χ3v) is 7.05. The van der Waals surface area contributed by atoms with Crippen molar-refractivity contribution in [1.29, 1.82) is 0 Å². The first-order valence-electron chi connectivity index (χ1n) is 12.3. The fourth-order valence-electron chi connectivity index (χ4n) is 4.94. The first-order valence-corrected chi connectivity index (χ1v) is 12.3. The van der Waals surface area contributed by atoms with E-state index in [1.165, 1.54) is 19.3 Å². The van der Waals surface area contributed by atoms with Crippen LogP contribution in [0.25, 0.3) is 16.6 Å². The molecule has 5 heterocycles. The van der Waals surface area contributed by atoms with E-state index >= 15 is 0 Å². The molecule has 200 valence electrons. The zero-order valence-electron chi connectivity index (χ0n) is 21.3. The summed E-state index contributed by atoms with van der Waals surface area (Å²) in [5, 5.41) is 8.61. The second kappa shape index (κ2) is 9.34. The van der Waals surface area contributed by atoms with Crippen molar-refractivity contribution in [3.8, 4) is 11.1 Å². The van der Waals surface area contributed by atoms with Crippen LogP contribution in [0.1, 0.15) is 18.1 Å². The Morgan fingerprint density at radius 1 is 0.821 bits per heavy atom. The van der Waals surface area contributed by atoms with Gasteiger partial charge >= 0.3 is 0 Å². The molecule has 4 aromatic heterocycles. The van der Waals surface area contributed by atoms with Crippen molar-refractivity contribution >= 4 is 17.3 Å². The van der Waals surface area contributed by atoms with Crippen LogP contribution >= 0.6 is 0 Å². The van der Waals surface area contributed by atoms with Crippen LogP contribution in [0.3, 0.4) is 0 Å². The number of hydrogen-bond donors (Lipinski definition) is 1. The summed E-state index contributed by atoms with van der Waals surface area (Å²) in [5.41, 5.74) is 7.45. The summed E-state index contributed by atoms with van der Waals surface area (Å²) in [7, 11) is 1.88. The van der Waals surface area contributed by atoms with Crippen LogP contribution in [0.2, 0.25) is 0 Å². The maximum absolute atomic E-state index is 14.4. The third-order valence-electron chi connectivity index (χ3n) is 7.05. The molecule has 13 heteroatoms. The van der Waals surface area contributed by atoms with Crippen LogP contribution in [0.5, 0.6) is 0 Å². The number of nitrogens with two attached hydrogens (primary N) is 1. The van der Waals surface area contributed by atoms with Gasteiger partial charge in [-0.25, -0.2) is 32.6 Å². The number of piperazine rings is 1. The fourth-order valence-corrected chi connectivity index (χ4v) is 4.94. The van der Waals surface area contributed by atoms with Gasteiger partial charge in [0.05, 0.1) is 11.7 Å². The van der Waals surface area contributed by atoms with E-state index in [1.807, 2.05) is 35.1 Å². The topological polar surface area (TPSA) is 106 Å². The van der Waals surface area contributed by atoms with Crippen molar-refractivity contribution in [2.24, 2.45) is 12.8 Å². The maximum atomic E-state index is 14.4. The van der Waals surface area contributed by atoms with E-state index < -0.39 is 28.6 Å². The molecule has 0 bridgehead atoms. The minimum atomic E-state index is -1.59. The molecule has 0 unspecified atom stereocenters. The highest BCUT2D eigenvalue weighted by Crippen LogP contribution is 2.32. The zero-order valence-corrected chi connectivity index (χ0v) is 21.3. The second-order valence-corrected chi connectivity index (χ2v) is 9.74. The molecule has 1 aliphatic heterocycles. The lowest BCUT2D eigenvalue weighted by molar-refractivity contribution is 0.466. The van der Waals surface area contributed by atoms with Crippen LogP contribution in [0.4, 0.5) is 24.9 Å². The first-order chi connectivity index (χ1) is 18.7. The minimum Gasteiger partial charge on any atom is -0.351 e. The van der Waals surface area contributed by atoms with Gasteiger partial charge < -0.3 is 15.5 Å². The third kappa shape index (κ3) is 4.44. The van der Waals surface area contributed by atoms with Gasteiger partial charge in [0.25, 0.3) is 0 Å². The van der Waals surface area contributed by atoms with Crippen molar-refractivity contribution in [2.45, 2.75) is 12.5 Å². The van der Waals surface area contributed by atoms with Gasteiger partial charge in [-0.2, -0.15) is 10.2 Å². The summed E-state index contributed by atoms with van der Waals surface area (Å²) in [6.45, 7) is 4.05. The number of benzene rings is 1. The number of rotatable bonds is 5. The predicted octanol–water partition coefficient (Wildman–Crippen LogP) is 2.89. The first kappa shape index (κ1) is 24.8. The van der Waals surface area contributed by atoms with Gasteiger partial charge in [-0.1, -0.05) is 0 Å². The Balaban J connectivity index is 1.18. The van der Waals surface area contributed by atoms with E-state index in [0.717, 1.165) is 22.5 Å². The predicted molar refractivity (Wildman–Crippen MR) is 139 cm³/mol. The van der Waals surface area contributed by atoms with Crippen molar-refractivity contribution in [2.75, 3.05) is 36.0 Å². The number of anilines is 2. The molecule has 0 amide bonds. The molecule has 1 saturated heterocycles. The molecule has 2 N–H and O–H groups in total. The van der Waals surface area contributed by atoms with Crippen molar-refractivity contribution < 1.29 is 13.2 Å². The van der Waals surface area contributed by atoms with Crippen LogP contribution < -0.4 is 15.5 Å². The quantitative estimate of drug-likeness (QED) is 0.367. The molecule has 1 atom stereocenters. The molecule has 1 fully saturated rings. The van der Waals surface area contributed by atoms with Gasteiger partial charge in [-0.3, -0.25) is 4.68 Å². The molecule has 10 nitrogen and oxygen atoms in total. The Morgan fingerprint density at radius 2 is 1.49 bits per heavy atom. The van der Waals surface area contributed by atoms with Crippen LogP contribution in [0.15, 0.2) is 55.5 Å². The van der Waals surface area contributed by atoms with E-state index in [0.29, 0.717) is 49.8 Å². The zero-order chi connectivity index (χ0) is 27.3. The van der Waals surface area contributed by atoms with Gasteiger partial charge in [-0.15, -0.1) is 0 Å². The molecule has 6 rings (SSSR count). The summed E-state index contributed by atoms with van der Waals surface area (Å²) in [6, 6.07) is 3.27. The van der Waals surface area contributed by atoms with Crippen LogP contribution in [0, 0.1) is 17.5 Å². The van der Waals surface area contributed by atoms with E-state index in [4.69, 9.17) is 5.73 Å². The Morgan fingerprint density at radius 3 is 2.13 bits per heavy atom. The van der Waals surface area contributed by atoms with Gasteiger partial charge in [0.2, 0.25) is 5.95 Å². The standard InChI is InChI=1S/C26H25F3N10/c1-26(30,23-20(28)8-19(27)9-21(23)29)18-11-31-25(32-12-18)38-5-3-37(4-6-38)24-22-7-16(14-39(22)35-15-33-24)17-10-34-36(2)13-17/h7-15H,3-6,30H2,1-2H3/t26-/m0/s1. The lowest BCUT2D eigenvalue weighted by Gasteiger charge is -2.35. The number of aryl methyl sites for hydroxylation is 1. The molecular weight excluding hydrogens is 509 g/mol. The average molecular weight is 535 g/mol. The van der Waals surface area contributed by atoms with Gasteiger partial charge in [0, 0.05) is 92.4 Å². The van der Waals surface area contributed by atoms with Gasteiger partial charge in [-0.05, 0) is 13.0 Å². The monoisotopic (exact) mass is 534 g/mol. The lowest BCUT2D eigenvalue weighted by Crippen LogP contribution is -2.47. The van der Waals surface area contributed by atoms with E-state index in [9.17, 15) is 13.2 Å². The Bertz CT molecular complexity index is 1630. The van der Waals surface area contributed by atoms with Gasteiger partial charge in [0.1, 0.15) is 29.3 Å². The summed E-state index contributed by atoms with van der Waals surface area (Å²) in [6.07, 6.45) is 10.2. The van der Waals surface area contributed by atoms with E-state index in [1.54, 1.807) is 11.0 Å². The number of aromatic nitrogens is 7. The lowest BCUT2D eigenvalue weighted by atomic mass is 9.86. The van der Waals surface area contributed by atoms with Crippen LogP contribution in [-0.2, 0) is 12.6 Å². The highest BCUT2D eigenvalue weighted by atomic mass is 19.1. The molecule has 1 aromatic carbocycles. The van der Waals surface area contributed by atoms with Crippen LogP contribution in [-0.4, -0.2) is 60.5 Å². The second-order valence-electron chi connectivity index (χ2n) is 9.74. The highest BCUT2D eigenvalue weighted by Gasteiger charge is 2.32. The van der Waals surface area contributed by atoms with E-state index in [-0.39, 0.29) is 0 Å². The smallest absolute Gasteiger partial charge is 0.225 e. The van der Waals surface area contributed by atoms with Crippen molar-refractivity contribution in [3.05, 3.63) is 84.1 Å². The number of nitrogens with zero attached hydrogens (tertiary/aromatic N) is 9. The Labute approximate surface area is 221 Å². The SMILES string of the molecule is Cn1cc(-c2cc3c(N4CCN(c5ncc([C@](C)(N)c6c(F)cc(F)cc6F)cn5)CC4)ncnn3c2)cn1. The molecule has 0 aliphatic carbocycles. The molecular formula is C26H25F3N10. The largest absolute Gasteiger partial charge is 0.351 e. The maximum Gasteiger partial charge on any atom is 0.225 e. The average Bonchev–Trinajstić information content (AvgIpc) is 3.54. The summed E-state index contributed by atoms with van der Waals surface area (Å²) >= 11 is 0. The van der Waals surface area contributed by atoms with E-state index in [2.05, 4.69) is 36.1 Å². The number of fused-ring (bicyclic) bond motifs is 1.